The van der Waals surface area contributed by atoms with Crippen LogP contribution < -0.4 is 10.5 Å². The standard InChI is InChI=1S/C14H16Cl2N2O2/c1-8(2)20-12-5-4-9(6-11(12)15)13(17)10(7-19)14(16)18-3/h4-8H,17H2,1-3H3. The molecule has 1 aromatic rings. The van der Waals surface area contributed by atoms with E-state index in [9.17, 15) is 4.79 Å². The number of rotatable bonds is 5. The van der Waals surface area contributed by atoms with Crippen LogP contribution in [0.2, 0.25) is 5.02 Å². The summed E-state index contributed by atoms with van der Waals surface area (Å²) < 4.78 is 5.53. The van der Waals surface area contributed by atoms with E-state index in [0.717, 1.165) is 0 Å². The molecule has 0 spiro atoms. The van der Waals surface area contributed by atoms with Crippen LogP contribution in [0, 0.1) is 0 Å². The predicted molar refractivity (Wildman–Crippen MR) is 83.6 cm³/mol. The molecule has 2 N–H and O–H groups in total. The van der Waals surface area contributed by atoms with Crippen LogP contribution >= 0.6 is 23.2 Å². The van der Waals surface area contributed by atoms with Gasteiger partial charge in [-0.1, -0.05) is 23.2 Å². The maximum Gasteiger partial charge on any atom is 0.155 e. The lowest BCUT2D eigenvalue weighted by molar-refractivity contribution is -0.104. The van der Waals surface area contributed by atoms with E-state index in [1.807, 2.05) is 13.8 Å². The summed E-state index contributed by atoms with van der Waals surface area (Å²) in [4.78, 5) is 14.8. The topological polar surface area (TPSA) is 64.7 Å². The van der Waals surface area contributed by atoms with Crippen molar-refractivity contribution >= 4 is 40.4 Å². The number of carbonyl (C=O) groups is 1. The number of hydrogen-bond acceptors (Lipinski definition) is 4. The Morgan fingerprint density at radius 3 is 2.55 bits per heavy atom. The second-order valence-corrected chi connectivity index (χ2v) is 5.04. The number of nitrogens with zero attached hydrogens (tertiary/aromatic N) is 1. The van der Waals surface area contributed by atoms with Crippen molar-refractivity contribution in [2.45, 2.75) is 20.0 Å². The Bertz CT molecular complexity index is 566. The van der Waals surface area contributed by atoms with Gasteiger partial charge in [0.05, 0.1) is 22.4 Å². The summed E-state index contributed by atoms with van der Waals surface area (Å²) in [5, 5.41) is 0.463. The van der Waals surface area contributed by atoms with E-state index in [-0.39, 0.29) is 22.5 Å². The van der Waals surface area contributed by atoms with Crippen molar-refractivity contribution in [3.63, 3.8) is 0 Å². The van der Waals surface area contributed by atoms with Gasteiger partial charge in [-0.2, -0.15) is 0 Å². The van der Waals surface area contributed by atoms with Gasteiger partial charge >= 0.3 is 0 Å². The van der Waals surface area contributed by atoms with E-state index in [1.54, 1.807) is 18.2 Å². The lowest BCUT2D eigenvalue weighted by atomic mass is 10.1. The molecular weight excluding hydrogens is 299 g/mol. The van der Waals surface area contributed by atoms with Crippen LogP contribution in [0.3, 0.4) is 0 Å². The number of nitrogens with two attached hydrogens (primary N) is 1. The Labute approximate surface area is 128 Å². The number of carbonyl (C=O) groups excluding carboxylic acids is 1. The maximum atomic E-state index is 11.1. The minimum Gasteiger partial charge on any atom is -0.489 e. The van der Waals surface area contributed by atoms with Gasteiger partial charge in [-0.05, 0) is 37.6 Å². The van der Waals surface area contributed by atoms with Crippen LogP contribution in [0.5, 0.6) is 5.75 Å². The van der Waals surface area contributed by atoms with Gasteiger partial charge in [-0.15, -0.1) is 0 Å². The van der Waals surface area contributed by atoms with Gasteiger partial charge in [-0.25, -0.2) is 0 Å². The number of aldehydes is 1. The average molecular weight is 315 g/mol. The minimum absolute atomic E-state index is 0.0124. The van der Waals surface area contributed by atoms with Crippen molar-refractivity contribution < 1.29 is 9.53 Å². The molecule has 0 aromatic heterocycles. The number of allylic oxidation sites excluding steroid dienone is 1. The molecule has 0 radical (unpaired) electrons. The molecule has 0 fully saturated rings. The molecule has 0 aliphatic rings. The van der Waals surface area contributed by atoms with Gasteiger partial charge < -0.3 is 10.5 Å². The molecule has 6 heteroatoms. The van der Waals surface area contributed by atoms with Crippen molar-refractivity contribution in [2.75, 3.05) is 7.05 Å². The molecule has 4 nitrogen and oxygen atoms in total. The van der Waals surface area contributed by atoms with Gasteiger partial charge in [0.15, 0.2) is 6.29 Å². The van der Waals surface area contributed by atoms with Crippen molar-refractivity contribution in [1.29, 1.82) is 0 Å². The average Bonchev–Trinajstić information content (AvgIpc) is 2.40. The predicted octanol–water partition coefficient (Wildman–Crippen LogP) is 3.26. The highest BCUT2D eigenvalue weighted by Crippen LogP contribution is 2.29. The quantitative estimate of drug-likeness (QED) is 0.515. The van der Waals surface area contributed by atoms with Crippen molar-refractivity contribution in [3.05, 3.63) is 34.4 Å². The van der Waals surface area contributed by atoms with E-state index in [0.29, 0.717) is 22.6 Å². The molecule has 20 heavy (non-hydrogen) atoms. The largest absolute Gasteiger partial charge is 0.489 e. The minimum atomic E-state index is 0.0124. The Morgan fingerprint density at radius 2 is 2.10 bits per heavy atom. The smallest absolute Gasteiger partial charge is 0.155 e. The van der Waals surface area contributed by atoms with Crippen molar-refractivity contribution in [3.8, 4) is 5.75 Å². The summed E-state index contributed by atoms with van der Waals surface area (Å²) in [6, 6.07) is 5.03. The van der Waals surface area contributed by atoms with E-state index in [2.05, 4.69) is 4.99 Å². The first kappa shape index (κ1) is 16.5. The molecule has 0 saturated carbocycles. The van der Waals surface area contributed by atoms with Crippen LogP contribution in [-0.4, -0.2) is 24.6 Å². The highest BCUT2D eigenvalue weighted by atomic mass is 35.5. The molecule has 1 aromatic carbocycles. The Kier molecular flexibility index (Phi) is 6.05. The number of aliphatic imine (C=N–C) groups is 1. The van der Waals surface area contributed by atoms with Crippen LogP contribution in [0.1, 0.15) is 19.4 Å². The molecule has 108 valence electrons. The molecule has 0 saturated heterocycles. The summed E-state index contributed by atoms with van der Waals surface area (Å²) in [6.45, 7) is 3.81. The van der Waals surface area contributed by atoms with Crippen molar-refractivity contribution in [2.24, 2.45) is 10.7 Å². The van der Waals surface area contributed by atoms with Gasteiger partial charge in [0, 0.05) is 7.05 Å². The normalized spacial score (nSPS) is 13.2. The fourth-order valence-corrected chi connectivity index (χ4v) is 1.89. The van der Waals surface area contributed by atoms with E-state index >= 15 is 0 Å². The number of benzene rings is 1. The zero-order chi connectivity index (χ0) is 15.3. The molecule has 0 bridgehead atoms. The Balaban J connectivity index is 3.24. The highest BCUT2D eigenvalue weighted by molar-refractivity contribution is 6.72. The fourth-order valence-electron chi connectivity index (χ4n) is 1.52. The van der Waals surface area contributed by atoms with Crippen LogP contribution in [0.4, 0.5) is 0 Å². The van der Waals surface area contributed by atoms with Gasteiger partial charge in [0.1, 0.15) is 10.9 Å². The first-order valence-corrected chi connectivity index (χ1v) is 6.70. The summed E-state index contributed by atoms with van der Waals surface area (Å²) >= 11 is 12.0. The fraction of sp³-hybridized carbons (Fsp3) is 0.286. The van der Waals surface area contributed by atoms with Gasteiger partial charge in [-0.3, -0.25) is 9.79 Å². The monoisotopic (exact) mass is 314 g/mol. The molecule has 0 atom stereocenters. The SMILES string of the molecule is CN=C(Cl)C(C=O)=C(N)c1ccc(OC(C)C)c(Cl)c1. The molecule has 0 unspecified atom stereocenters. The lowest BCUT2D eigenvalue weighted by Crippen LogP contribution is -2.09. The third-order valence-electron chi connectivity index (χ3n) is 2.43. The number of halogens is 2. The Hall–Kier alpha value is -1.52. The van der Waals surface area contributed by atoms with E-state index < -0.39 is 0 Å². The third kappa shape index (κ3) is 3.99. The zero-order valence-corrected chi connectivity index (χ0v) is 13.0. The molecule has 1 rings (SSSR count). The second kappa shape index (κ2) is 7.31. The van der Waals surface area contributed by atoms with Crippen LogP contribution in [0.25, 0.3) is 5.70 Å². The van der Waals surface area contributed by atoms with Gasteiger partial charge in [0.2, 0.25) is 0 Å². The van der Waals surface area contributed by atoms with Crippen LogP contribution in [-0.2, 0) is 4.79 Å². The molecule has 0 aliphatic heterocycles. The molecule has 0 aliphatic carbocycles. The Morgan fingerprint density at radius 1 is 1.45 bits per heavy atom. The zero-order valence-electron chi connectivity index (χ0n) is 11.5. The summed E-state index contributed by atoms with van der Waals surface area (Å²) in [5.41, 5.74) is 6.85. The summed E-state index contributed by atoms with van der Waals surface area (Å²) in [7, 11) is 1.48. The summed E-state index contributed by atoms with van der Waals surface area (Å²) in [6.07, 6.45) is 0.579. The van der Waals surface area contributed by atoms with Crippen molar-refractivity contribution in [1.82, 2.24) is 0 Å². The lowest BCUT2D eigenvalue weighted by Gasteiger charge is -2.13. The van der Waals surface area contributed by atoms with Gasteiger partial charge in [0.25, 0.3) is 0 Å². The second-order valence-electron chi connectivity index (χ2n) is 4.27. The highest BCUT2D eigenvalue weighted by Gasteiger charge is 2.12. The molecule has 0 heterocycles. The third-order valence-corrected chi connectivity index (χ3v) is 3.10. The molecular formula is C14H16Cl2N2O2. The summed E-state index contributed by atoms with van der Waals surface area (Å²) in [5.74, 6) is 0.557. The van der Waals surface area contributed by atoms with E-state index in [4.69, 9.17) is 33.7 Å². The van der Waals surface area contributed by atoms with Crippen LogP contribution in [0.15, 0.2) is 28.8 Å². The first-order valence-electron chi connectivity index (χ1n) is 5.94. The number of hydrogen-bond donors (Lipinski definition) is 1. The maximum absolute atomic E-state index is 11.1. The first-order chi connectivity index (χ1) is 9.40. The van der Waals surface area contributed by atoms with E-state index in [1.165, 1.54) is 7.05 Å². The number of ether oxygens (including phenoxy) is 1. The molecule has 0 amide bonds.